The molecule has 0 saturated carbocycles. The van der Waals surface area contributed by atoms with Crippen molar-refractivity contribution in [3.63, 3.8) is 0 Å². The zero-order valence-electron chi connectivity index (χ0n) is 24.5. The lowest BCUT2D eigenvalue weighted by Gasteiger charge is -2.39. The van der Waals surface area contributed by atoms with Crippen LogP contribution in [0.5, 0.6) is 0 Å². The van der Waals surface area contributed by atoms with Crippen molar-refractivity contribution in [3.05, 3.63) is 154 Å². The van der Waals surface area contributed by atoms with Crippen molar-refractivity contribution in [2.24, 2.45) is 5.41 Å². The first kappa shape index (κ1) is 25.1. The van der Waals surface area contributed by atoms with Crippen molar-refractivity contribution in [2.45, 2.75) is 50.7 Å². The zero-order chi connectivity index (χ0) is 29.4. The van der Waals surface area contributed by atoms with Gasteiger partial charge in [0.15, 0.2) is 12.5 Å². The van der Waals surface area contributed by atoms with Crippen LogP contribution in [-0.2, 0) is 12.0 Å². The summed E-state index contributed by atoms with van der Waals surface area (Å²) in [5.74, 6) is 0. The Hall–Kier alpha value is -4.38. The lowest BCUT2D eigenvalue weighted by molar-refractivity contribution is 0.170. The van der Waals surface area contributed by atoms with E-state index in [0.29, 0.717) is 6.54 Å². The van der Waals surface area contributed by atoms with Crippen LogP contribution < -0.4 is 9.80 Å². The molecule has 2 aliphatic carbocycles. The van der Waals surface area contributed by atoms with E-state index in [0.717, 1.165) is 40.1 Å². The van der Waals surface area contributed by atoms with Crippen LogP contribution in [-0.4, -0.2) is 10.2 Å². The maximum atomic E-state index is 11.7. The van der Waals surface area contributed by atoms with E-state index < -0.39 is 17.9 Å². The summed E-state index contributed by atoms with van der Waals surface area (Å²) in [5, 5.41) is 23.1. The van der Waals surface area contributed by atoms with Gasteiger partial charge in [-0.05, 0) is 82.1 Å². The number of aliphatic hydroxyl groups excluding tert-OH is 2. The van der Waals surface area contributed by atoms with Gasteiger partial charge in [0.05, 0.1) is 11.5 Å². The van der Waals surface area contributed by atoms with Crippen molar-refractivity contribution >= 4 is 11.4 Å². The summed E-state index contributed by atoms with van der Waals surface area (Å²) < 4.78 is 0. The standard InChI is InChI=1S/C39H34N2O2/c1-5-32-22(2)38(4)20-35-30-12-8-9-13-31(30)37(43)41(35)26-15-17-29-28-16-14-25(18-33(28)39(32,23(38)3)34(29)19-26)40-21-24-10-6-7-11-27(24)36(40)42/h5-19,35-37,42-43H,1,3,20-21H2,2,4H3/t35?,36?,37?,38-,39?/m0/s1. The molecule has 0 aromatic heterocycles. The molecule has 0 fully saturated rings. The van der Waals surface area contributed by atoms with Crippen LogP contribution in [0, 0.1) is 5.41 Å². The Labute approximate surface area is 252 Å². The molecule has 43 heavy (non-hydrogen) atoms. The number of aliphatic hydroxyl groups is 2. The van der Waals surface area contributed by atoms with Gasteiger partial charge in [-0.25, -0.2) is 0 Å². The summed E-state index contributed by atoms with van der Waals surface area (Å²) in [6.45, 7) is 14.6. The Bertz CT molecular complexity index is 1970. The van der Waals surface area contributed by atoms with Crippen LogP contribution in [0.15, 0.2) is 121 Å². The van der Waals surface area contributed by atoms with Gasteiger partial charge in [-0.15, -0.1) is 0 Å². The van der Waals surface area contributed by atoms with E-state index in [-0.39, 0.29) is 11.5 Å². The number of allylic oxidation sites excluding steroid dienone is 4. The lowest BCUT2D eigenvalue weighted by Crippen LogP contribution is -2.33. The van der Waals surface area contributed by atoms with Crippen LogP contribution in [0.2, 0.25) is 0 Å². The van der Waals surface area contributed by atoms with Gasteiger partial charge in [0.1, 0.15) is 0 Å². The first-order valence-electron chi connectivity index (χ1n) is 15.2. The first-order chi connectivity index (χ1) is 20.8. The fraction of sp³-hybridized carbons (Fsp3) is 0.231. The normalized spacial score (nSPS) is 29.1. The average Bonchev–Trinajstić information content (AvgIpc) is 3.66. The van der Waals surface area contributed by atoms with Crippen LogP contribution in [0.4, 0.5) is 11.4 Å². The number of benzene rings is 4. The Kier molecular flexibility index (Phi) is 4.77. The van der Waals surface area contributed by atoms with Crippen molar-refractivity contribution in [2.75, 3.05) is 9.80 Å². The van der Waals surface area contributed by atoms with Crippen molar-refractivity contribution < 1.29 is 10.2 Å². The van der Waals surface area contributed by atoms with E-state index in [9.17, 15) is 10.2 Å². The van der Waals surface area contributed by atoms with E-state index >= 15 is 0 Å². The number of rotatable bonds is 2. The maximum absolute atomic E-state index is 11.7. The van der Waals surface area contributed by atoms with E-state index in [1.807, 2.05) is 24.3 Å². The molecule has 4 bridgehead atoms. The minimum atomic E-state index is -0.708. The smallest absolute Gasteiger partial charge is 0.154 e. The molecule has 5 atom stereocenters. The SMILES string of the molecule is C=CC1=C(C)[C@]2(C)CC3c4ccccc4C(O)N3c3ccc4c(c3)C1(C2=C)c1cc(N2Cc3ccccc3C2O)ccc1-4. The van der Waals surface area contributed by atoms with Gasteiger partial charge in [0, 0.05) is 34.5 Å². The van der Waals surface area contributed by atoms with Gasteiger partial charge in [-0.1, -0.05) is 92.4 Å². The molecular formula is C39H34N2O2. The number of anilines is 2. The van der Waals surface area contributed by atoms with Crippen LogP contribution in [0.1, 0.15) is 72.1 Å². The summed E-state index contributed by atoms with van der Waals surface area (Å²) >= 11 is 0. The van der Waals surface area contributed by atoms with Gasteiger partial charge in [0.2, 0.25) is 0 Å². The molecule has 4 unspecified atom stereocenters. The Morgan fingerprint density at radius 2 is 1.44 bits per heavy atom. The summed E-state index contributed by atoms with van der Waals surface area (Å²) in [4.78, 5) is 4.31. The minimum absolute atomic E-state index is 0.00467. The number of fused-ring (bicyclic) bond motifs is 9. The number of nitrogens with zero attached hydrogens (tertiary/aromatic N) is 2. The molecule has 4 nitrogen and oxygen atoms in total. The van der Waals surface area contributed by atoms with Gasteiger partial charge >= 0.3 is 0 Å². The third kappa shape index (κ3) is 2.80. The molecule has 0 amide bonds. The molecule has 1 spiro atoms. The second-order valence-electron chi connectivity index (χ2n) is 13.1. The predicted octanol–water partition coefficient (Wildman–Crippen LogP) is 8.00. The minimum Gasteiger partial charge on any atom is -0.369 e. The van der Waals surface area contributed by atoms with E-state index in [1.54, 1.807) is 0 Å². The molecule has 9 rings (SSSR count). The van der Waals surface area contributed by atoms with Gasteiger partial charge in [-0.3, -0.25) is 0 Å². The van der Waals surface area contributed by atoms with Crippen molar-refractivity contribution in [1.29, 1.82) is 0 Å². The summed E-state index contributed by atoms with van der Waals surface area (Å²) in [7, 11) is 0. The fourth-order valence-corrected chi connectivity index (χ4v) is 9.25. The van der Waals surface area contributed by atoms with Gasteiger partial charge in [-0.2, -0.15) is 0 Å². The summed E-state index contributed by atoms with van der Waals surface area (Å²) in [5.41, 5.74) is 13.8. The first-order valence-corrected chi connectivity index (χ1v) is 15.2. The second kappa shape index (κ2) is 8.16. The molecule has 3 heterocycles. The van der Waals surface area contributed by atoms with Crippen LogP contribution in [0.3, 0.4) is 0 Å². The zero-order valence-corrected chi connectivity index (χ0v) is 24.5. The highest BCUT2D eigenvalue weighted by atomic mass is 16.3. The molecular weight excluding hydrogens is 528 g/mol. The molecule has 212 valence electrons. The topological polar surface area (TPSA) is 46.9 Å². The lowest BCUT2D eigenvalue weighted by atomic mass is 9.65. The molecule has 4 aromatic carbocycles. The Morgan fingerprint density at radius 1 is 0.814 bits per heavy atom. The number of hydrogen-bond donors (Lipinski definition) is 2. The molecule has 2 N–H and O–H groups in total. The third-order valence-electron chi connectivity index (χ3n) is 11.5. The van der Waals surface area contributed by atoms with Crippen LogP contribution >= 0.6 is 0 Å². The quantitative estimate of drug-likeness (QED) is 0.243. The van der Waals surface area contributed by atoms with Gasteiger partial charge < -0.3 is 20.0 Å². The molecule has 4 heteroatoms. The second-order valence-corrected chi connectivity index (χ2v) is 13.1. The third-order valence-corrected chi connectivity index (χ3v) is 11.5. The summed E-state index contributed by atoms with van der Waals surface area (Å²) in [6, 6.07) is 29.9. The van der Waals surface area contributed by atoms with E-state index in [4.69, 9.17) is 6.58 Å². The highest BCUT2D eigenvalue weighted by Crippen LogP contribution is 2.70. The number of hydrogen-bond acceptors (Lipinski definition) is 4. The Balaban J connectivity index is 1.30. The highest BCUT2D eigenvalue weighted by Gasteiger charge is 2.60. The van der Waals surface area contributed by atoms with Crippen molar-refractivity contribution in [3.8, 4) is 11.1 Å². The molecule has 3 aliphatic heterocycles. The van der Waals surface area contributed by atoms with E-state index in [2.05, 4.69) is 97.0 Å². The monoisotopic (exact) mass is 562 g/mol. The average molecular weight is 563 g/mol. The molecule has 0 radical (unpaired) electrons. The van der Waals surface area contributed by atoms with Crippen molar-refractivity contribution in [1.82, 2.24) is 0 Å². The largest absolute Gasteiger partial charge is 0.369 e. The molecule has 4 aromatic rings. The molecule has 5 aliphatic rings. The fourth-order valence-electron chi connectivity index (χ4n) is 9.25. The Morgan fingerprint density at radius 3 is 2.14 bits per heavy atom. The van der Waals surface area contributed by atoms with E-state index in [1.165, 1.54) is 39.0 Å². The maximum Gasteiger partial charge on any atom is 0.154 e. The predicted molar refractivity (Wildman–Crippen MR) is 172 cm³/mol. The van der Waals surface area contributed by atoms with Crippen LogP contribution in [0.25, 0.3) is 11.1 Å². The molecule has 0 saturated heterocycles. The highest BCUT2D eigenvalue weighted by molar-refractivity contribution is 5.91. The summed E-state index contributed by atoms with van der Waals surface area (Å²) in [6.07, 6.45) is 1.46. The van der Waals surface area contributed by atoms with Gasteiger partial charge in [0.25, 0.3) is 0 Å².